The summed E-state index contributed by atoms with van der Waals surface area (Å²) in [5, 5.41) is 7.83. The highest BCUT2D eigenvalue weighted by molar-refractivity contribution is 6.31. The summed E-state index contributed by atoms with van der Waals surface area (Å²) in [4.78, 5) is 33.1. The Morgan fingerprint density at radius 3 is 2.46 bits per heavy atom. The smallest absolute Gasteiger partial charge is 0.247 e. The van der Waals surface area contributed by atoms with E-state index in [1.54, 1.807) is 19.2 Å². The molecule has 0 aliphatic carbocycles. The second-order valence-electron chi connectivity index (χ2n) is 9.80. The molecule has 11 heteroatoms. The molecule has 0 bridgehead atoms. The number of rotatable bonds is 12. The maximum Gasteiger partial charge on any atom is 0.247 e. The number of aldehydes is 1. The molecule has 0 fully saturated rings. The minimum absolute atomic E-state index is 0.0370. The molecule has 3 rings (SSSR count). The highest BCUT2D eigenvalue weighted by Gasteiger charge is 2.25. The molecule has 0 spiro atoms. The molecule has 0 radical (unpaired) electrons. The number of aryl methyl sites for hydroxylation is 2. The highest BCUT2D eigenvalue weighted by atomic mass is 16.3. The molecule has 0 saturated heterocycles. The van der Waals surface area contributed by atoms with Crippen molar-refractivity contribution in [3.8, 4) is 0 Å². The number of allylic oxidation sites excluding steroid dienone is 1. The molecule has 216 valence electrons. The average molecular weight is 559 g/mol. The Labute approximate surface area is 240 Å². The molecule has 2 aromatic carbocycles. The van der Waals surface area contributed by atoms with Crippen LogP contribution in [0.15, 0.2) is 74.8 Å². The Kier molecular flexibility index (Phi) is 10.0. The molecule has 1 amide bonds. The summed E-state index contributed by atoms with van der Waals surface area (Å²) in [6.07, 6.45) is 1.71. The van der Waals surface area contributed by atoms with E-state index in [2.05, 4.69) is 27.3 Å². The van der Waals surface area contributed by atoms with Gasteiger partial charge in [0.05, 0.1) is 28.3 Å². The summed E-state index contributed by atoms with van der Waals surface area (Å²) in [7, 11) is 7.48. The lowest BCUT2D eigenvalue weighted by molar-refractivity contribution is -0.112. The zero-order valence-electron chi connectivity index (χ0n) is 24.4. The number of benzene rings is 2. The SMILES string of the molecule is C=CC(=O)Nc1ccc(N=C(C(=C(N)C=O)/C(N)=N\NC)c2oc3ccc(C)cc3c2C)cc1N(C)CCN(C)C. The molecule has 0 aliphatic rings. The fourth-order valence-corrected chi connectivity index (χ4v) is 4.22. The lowest BCUT2D eigenvalue weighted by atomic mass is 10.0. The number of hydrogen-bond donors (Lipinski definition) is 4. The van der Waals surface area contributed by atoms with Gasteiger partial charge in [-0.25, -0.2) is 4.99 Å². The van der Waals surface area contributed by atoms with Crippen LogP contribution in [0.2, 0.25) is 0 Å². The van der Waals surface area contributed by atoms with E-state index in [1.807, 2.05) is 64.2 Å². The molecule has 0 aliphatic heterocycles. The van der Waals surface area contributed by atoms with E-state index >= 15 is 0 Å². The van der Waals surface area contributed by atoms with Crippen LogP contribution in [0.25, 0.3) is 11.0 Å². The third-order valence-corrected chi connectivity index (χ3v) is 6.41. The van der Waals surface area contributed by atoms with Crippen LogP contribution >= 0.6 is 0 Å². The van der Waals surface area contributed by atoms with Gasteiger partial charge in [0.15, 0.2) is 17.9 Å². The Morgan fingerprint density at radius 1 is 1.10 bits per heavy atom. The van der Waals surface area contributed by atoms with Crippen LogP contribution in [0.5, 0.6) is 0 Å². The summed E-state index contributed by atoms with van der Waals surface area (Å²) in [6.45, 7) is 8.91. The third-order valence-electron chi connectivity index (χ3n) is 6.41. The number of nitrogens with one attached hydrogen (secondary N) is 2. The molecule has 0 saturated carbocycles. The van der Waals surface area contributed by atoms with E-state index in [0.717, 1.165) is 28.7 Å². The zero-order valence-corrected chi connectivity index (χ0v) is 24.4. The molecule has 0 atom stereocenters. The molecule has 11 nitrogen and oxygen atoms in total. The number of carbonyl (C=O) groups excluding carboxylic acids is 2. The van der Waals surface area contributed by atoms with Crippen molar-refractivity contribution < 1.29 is 14.0 Å². The summed E-state index contributed by atoms with van der Waals surface area (Å²) in [5.41, 5.74) is 19.7. The van der Waals surface area contributed by atoms with Crippen LogP contribution in [-0.2, 0) is 9.59 Å². The van der Waals surface area contributed by atoms with Gasteiger partial charge in [-0.2, -0.15) is 5.10 Å². The molecule has 1 heterocycles. The zero-order chi connectivity index (χ0) is 30.3. The number of hydrogen-bond acceptors (Lipinski definition) is 9. The van der Waals surface area contributed by atoms with Crippen LogP contribution in [0, 0.1) is 13.8 Å². The molecule has 0 unspecified atom stereocenters. The van der Waals surface area contributed by atoms with Crippen molar-refractivity contribution >= 4 is 51.8 Å². The second kappa shape index (κ2) is 13.4. The Balaban J connectivity index is 2.33. The van der Waals surface area contributed by atoms with Crippen molar-refractivity contribution in [1.82, 2.24) is 10.3 Å². The normalized spacial score (nSPS) is 12.8. The van der Waals surface area contributed by atoms with E-state index in [0.29, 0.717) is 35.5 Å². The fourth-order valence-electron chi connectivity index (χ4n) is 4.22. The van der Waals surface area contributed by atoms with Crippen LogP contribution in [0.3, 0.4) is 0 Å². The first kappa shape index (κ1) is 30.6. The number of hydrazone groups is 1. The maximum absolute atomic E-state index is 12.2. The number of amidine groups is 1. The first-order valence-electron chi connectivity index (χ1n) is 13.0. The van der Waals surface area contributed by atoms with Crippen molar-refractivity contribution in [2.45, 2.75) is 13.8 Å². The molecular weight excluding hydrogens is 520 g/mol. The Hall–Kier alpha value is -4.90. The summed E-state index contributed by atoms with van der Waals surface area (Å²) < 4.78 is 6.27. The lowest BCUT2D eigenvalue weighted by Gasteiger charge is -2.24. The van der Waals surface area contributed by atoms with Crippen molar-refractivity contribution in [2.24, 2.45) is 21.6 Å². The fraction of sp³-hybridized carbons (Fsp3) is 0.267. The number of nitrogens with two attached hydrogens (primary N) is 2. The molecule has 1 aromatic heterocycles. The summed E-state index contributed by atoms with van der Waals surface area (Å²) in [5.74, 6) is 0.0219. The van der Waals surface area contributed by atoms with E-state index in [4.69, 9.17) is 20.9 Å². The van der Waals surface area contributed by atoms with Crippen molar-refractivity contribution in [1.29, 1.82) is 0 Å². The van der Waals surface area contributed by atoms with E-state index in [-0.39, 0.29) is 28.7 Å². The quantitative estimate of drug-likeness (QED) is 0.0869. The minimum atomic E-state index is -0.336. The van der Waals surface area contributed by atoms with E-state index in [1.165, 1.54) is 6.08 Å². The first-order valence-corrected chi connectivity index (χ1v) is 13.0. The molecular formula is C30H38N8O3. The topological polar surface area (TPSA) is 155 Å². The van der Waals surface area contributed by atoms with Crippen LogP contribution in [0.1, 0.15) is 16.9 Å². The number of likely N-dealkylation sites (N-methyl/N-ethyl adjacent to an activating group) is 2. The van der Waals surface area contributed by atoms with Gasteiger partial charge in [0.1, 0.15) is 11.3 Å². The van der Waals surface area contributed by atoms with Gasteiger partial charge in [0, 0.05) is 38.1 Å². The number of furan rings is 1. The number of fused-ring (bicyclic) bond motifs is 1. The number of amides is 1. The van der Waals surface area contributed by atoms with E-state index < -0.39 is 0 Å². The second-order valence-corrected chi connectivity index (χ2v) is 9.80. The van der Waals surface area contributed by atoms with Crippen molar-refractivity contribution in [3.05, 3.63) is 77.2 Å². The van der Waals surface area contributed by atoms with E-state index in [9.17, 15) is 9.59 Å². The number of aliphatic imine (C=N–C) groups is 1. The molecule has 3 aromatic rings. The number of carbonyl (C=O) groups is 2. The van der Waals surface area contributed by atoms with Gasteiger partial charge >= 0.3 is 0 Å². The van der Waals surface area contributed by atoms with Crippen molar-refractivity contribution in [3.63, 3.8) is 0 Å². The average Bonchev–Trinajstić information content (AvgIpc) is 3.26. The van der Waals surface area contributed by atoms with Crippen LogP contribution < -0.4 is 27.1 Å². The first-order chi connectivity index (χ1) is 19.5. The minimum Gasteiger partial charge on any atom is -0.454 e. The van der Waals surface area contributed by atoms with Gasteiger partial charge in [-0.1, -0.05) is 18.2 Å². The van der Waals surface area contributed by atoms with Gasteiger partial charge in [0.25, 0.3) is 0 Å². The largest absolute Gasteiger partial charge is 0.454 e. The standard InChI is InChI=1S/C30H38N8O3/c1-8-26(40)35-23-11-10-20(16-24(23)38(7)14-13-37(5)6)34-28(27(22(31)17-39)30(32)36-33-4)29-19(3)21-15-18(2)9-12-25(21)41-29/h8-12,15-17,33H,1,13-14,31H2,2-7H3,(H2,32,36)(H,35,40). The van der Waals surface area contributed by atoms with Gasteiger partial charge in [0.2, 0.25) is 5.91 Å². The summed E-state index contributed by atoms with van der Waals surface area (Å²) in [6, 6.07) is 11.2. The lowest BCUT2D eigenvalue weighted by Crippen LogP contribution is -2.29. The van der Waals surface area contributed by atoms with Crippen LogP contribution in [0.4, 0.5) is 17.1 Å². The highest BCUT2D eigenvalue weighted by Crippen LogP contribution is 2.33. The van der Waals surface area contributed by atoms with Gasteiger partial charge in [-0.3, -0.25) is 9.59 Å². The monoisotopic (exact) mass is 558 g/mol. The maximum atomic E-state index is 12.2. The number of nitrogens with zero attached hydrogens (tertiary/aromatic N) is 4. The van der Waals surface area contributed by atoms with Crippen LogP contribution in [-0.4, -0.2) is 69.9 Å². The van der Waals surface area contributed by atoms with Crippen molar-refractivity contribution in [2.75, 3.05) is 51.5 Å². The Bertz CT molecular complexity index is 1550. The summed E-state index contributed by atoms with van der Waals surface area (Å²) >= 11 is 0. The third kappa shape index (κ3) is 7.20. The number of anilines is 2. The predicted octanol–water partition coefficient (Wildman–Crippen LogP) is 3.20. The Morgan fingerprint density at radius 2 is 1.83 bits per heavy atom. The predicted molar refractivity (Wildman–Crippen MR) is 167 cm³/mol. The van der Waals surface area contributed by atoms with Gasteiger partial charge in [-0.05, 0) is 64.4 Å². The molecule has 41 heavy (non-hydrogen) atoms. The molecule has 6 N–H and O–H groups in total. The van der Waals surface area contributed by atoms with Gasteiger partial charge < -0.3 is 36.4 Å². The van der Waals surface area contributed by atoms with Gasteiger partial charge in [-0.15, -0.1) is 0 Å².